The average molecular weight is 312 g/mol. The van der Waals surface area contributed by atoms with E-state index in [1.54, 1.807) is 48.5 Å². The molecule has 23 heavy (non-hydrogen) atoms. The Kier molecular flexibility index (Phi) is 3.56. The smallest absolute Gasteiger partial charge is 0.321 e. The van der Waals surface area contributed by atoms with Gasteiger partial charge in [-0.3, -0.25) is 9.59 Å². The molecule has 0 aromatic heterocycles. The third kappa shape index (κ3) is 2.25. The van der Waals surface area contributed by atoms with Gasteiger partial charge in [0.15, 0.2) is 11.2 Å². The number of hydrogen-bond acceptors (Lipinski definition) is 4. The van der Waals surface area contributed by atoms with Crippen LogP contribution < -0.4 is 9.47 Å². The minimum Gasteiger partial charge on any atom is -0.497 e. The third-order valence-electron chi connectivity index (χ3n) is 4.21. The summed E-state index contributed by atoms with van der Waals surface area (Å²) in [7, 11) is 1.53. The van der Waals surface area contributed by atoms with Crippen LogP contribution in [0.25, 0.3) is 0 Å². The van der Waals surface area contributed by atoms with Gasteiger partial charge >= 0.3 is 5.97 Å². The largest absolute Gasteiger partial charge is 0.497 e. The predicted molar refractivity (Wildman–Crippen MR) is 82.9 cm³/mol. The highest BCUT2D eigenvalue weighted by Gasteiger charge is 2.54. The van der Waals surface area contributed by atoms with Gasteiger partial charge in [-0.15, -0.1) is 0 Å². The molecular formula is C18H16O5. The Balaban J connectivity index is 2.18. The van der Waals surface area contributed by atoms with Crippen molar-refractivity contribution < 1.29 is 24.2 Å². The second-order valence-corrected chi connectivity index (χ2v) is 5.61. The third-order valence-corrected chi connectivity index (χ3v) is 4.21. The van der Waals surface area contributed by atoms with E-state index in [9.17, 15) is 14.7 Å². The molecule has 0 aliphatic carbocycles. The van der Waals surface area contributed by atoms with Gasteiger partial charge in [0.05, 0.1) is 12.7 Å². The summed E-state index contributed by atoms with van der Waals surface area (Å²) in [6.07, 6.45) is -0.933. The van der Waals surface area contributed by atoms with Crippen LogP contribution in [-0.4, -0.2) is 24.0 Å². The van der Waals surface area contributed by atoms with Crippen LogP contribution in [0, 0.1) is 5.41 Å². The highest BCUT2D eigenvalue weighted by Crippen LogP contribution is 2.47. The number of rotatable bonds is 3. The number of carboxylic acids is 1. The van der Waals surface area contributed by atoms with Gasteiger partial charge in [-0.1, -0.05) is 24.3 Å². The minimum absolute atomic E-state index is 0.288. The molecule has 1 heterocycles. The lowest BCUT2D eigenvalue weighted by molar-refractivity contribution is -0.150. The van der Waals surface area contributed by atoms with E-state index in [1.165, 1.54) is 14.0 Å². The number of benzene rings is 2. The molecule has 1 N–H and O–H groups in total. The first-order valence-electron chi connectivity index (χ1n) is 7.16. The first-order chi connectivity index (χ1) is 11.0. The molecule has 1 aliphatic rings. The Morgan fingerprint density at radius 1 is 1.22 bits per heavy atom. The lowest BCUT2D eigenvalue weighted by atomic mass is 9.73. The molecule has 5 nitrogen and oxygen atoms in total. The standard InChI is InChI=1S/C18H16O5/c1-18(17(20)21)15(19)13-8-3-4-9-14(13)23-16(18)11-6-5-7-12(10-11)22-2/h3-10,16H,1-2H3,(H,20,21). The van der Waals surface area contributed by atoms with Gasteiger partial charge in [0.25, 0.3) is 0 Å². The summed E-state index contributed by atoms with van der Waals surface area (Å²) < 4.78 is 11.1. The number of fused-ring (bicyclic) bond motifs is 1. The van der Waals surface area contributed by atoms with E-state index < -0.39 is 23.3 Å². The summed E-state index contributed by atoms with van der Waals surface area (Å²) in [6.45, 7) is 1.40. The maximum absolute atomic E-state index is 12.8. The van der Waals surface area contributed by atoms with Crippen molar-refractivity contribution in [3.8, 4) is 11.5 Å². The molecule has 0 fully saturated rings. The second kappa shape index (κ2) is 5.43. The van der Waals surface area contributed by atoms with Crippen molar-refractivity contribution in [1.29, 1.82) is 0 Å². The monoisotopic (exact) mass is 312 g/mol. The minimum atomic E-state index is -1.71. The molecule has 2 unspecified atom stereocenters. The zero-order chi connectivity index (χ0) is 16.6. The Labute approximate surface area is 133 Å². The van der Waals surface area contributed by atoms with Crippen molar-refractivity contribution >= 4 is 11.8 Å². The lowest BCUT2D eigenvalue weighted by Crippen LogP contribution is -2.47. The Hall–Kier alpha value is -2.82. The molecule has 0 saturated heterocycles. The molecular weight excluding hydrogens is 296 g/mol. The summed E-state index contributed by atoms with van der Waals surface area (Å²) >= 11 is 0. The number of aliphatic carboxylic acids is 1. The number of carbonyl (C=O) groups is 2. The van der Waals surface area contributed by atoms with Gasteiger partial charge in [0.1, 0.15) is 17.6 Å². The van der Waals surface area contributed by atoms with Crippen molar-refractivity contribution in [2.45, 2.75) is 13.0 Å². The van der Waals surface area contributed by atoms with Crippen LogP contribution >= 0.6 is 0 Å². The number of carbonyl (C=O) groups excluding carboxylic acids is 1. The van der Waals surface area contributed by atoms with E-state index in [0.29, 0.717) is 17.1 Å². The Morgan fingerprint density at radius 2 is 1.96 bits per heavy atom. The Bertz CT molecular complexity index is 782. The van der Waals surface area contributed by atoms with E-state index in [1.807, 2.05) is 0 Å². The molecule has 2 atom stereocenters. The van der Waals surface area contributed by atoms with E-state index in [0.717, 1.165) is 0 Å². The van der Waals surface area contributed by atoms with Crippen molar-refractivity contribution in [3.05, 3.63) is 59.7 Å². The van der Waals surface area contributed by atoms with Gasteiger partial charge in [0.2, 0.25) is 0 Å². The summed E-state index contributed by atoms with van der Waals surface area (Å²) in [5, 5.41) is 9.72. The number of hydrogen-bond donors (Lipinski definition) is 1. The molecule has 0 bridgehead atoms. The normalized spacial score (nSPS) is 22.9. The van der Waals surface area contributed by atoms with E-state index in [2.05, 4.69) is 0 Å². The second-order valence-electron chi connectivity index (χ2n) is 5.61. The van der Waals surface area contributed by atoms with Crippen LogP contribution in [0.1, 0.15) is 28.9 Å². The van der Waals surface area contributed by atoms with Gasteiger partial charge < -0.3 is 14.6 Å². The number of ketones is 1. The molecule has 0 radical (unpaired) electrons. The molecule has 118 valence electrons. The fourth-order valence-electron chi connectivity index (χ4n) is 2.82. The van der Waals surface area contributed by atoms with Crippen LogP contribution in [0.2, 0.25) is 0 Å². The van der Waals surface area contributed by atoms with Crippen LogP contribution in [0.3, 0.4) is 0 Å². The molecule has 5 heteroatoms. The van der Waals surface area contributed by atoms with Crippen molar-refractivity contribution in [1.82, 2.24) is 0 Å². The average Bonchev–Trinajstić information content (AvgIpc) is 2.58. The number of methoxy groups -OCH3 is 1. The maximum Gasteiger partial charge on any atom is 0.321 e. The molecule has 0 spiro atoms. The molecule has 0 saturated carbocycles. The lowest BCUT2D eigenvalue weighted by Gasteiger charge is -2.37. The Morgan fingerprint density at radius 3 is 2.65 bits per heavy atom. The van der Waals surface area contributed by atoms with E-state index >= 15 is 0 Å². The van der Waals surface area contributed by atoms with Crippen LogP contribution in [0.4, 0.5) is 0 Å². The van der Waals surface area contributed by atoms with Gasteiger partial charge in [0, 0.05) is 0 Å². The number of Topliss-reactive ketones (excluding diaryl/α,β-unsaturated/α-hetero) is 1. The van der Waals surface area contributed by atoms with Gasteiger partial charge in [-0.25, -0.2) is 0 Å². The predicted octanol–water partition coefficient (Wildman–Crippen LogP) is 3.10. The zero-order valence-corrected chi connectivity index (χ0v) is 12.8. The molecule has 3 rings (SSSR count). The van der Waals surface area contributed by atoms with Crippen molar-refractivity contribution in [2.24, 2.45) is 5.41 Å². The summed E-state index contributed by atoms with van der Waals surface area (Å²) in [6, 6.07) is 13.6. The van der Waals surface area contributed by atoms with E-state index in [4.69, 9.17) is 9.47 Å². The maximum atomic E-state index is 12.8. The van der Waals surface area contributed by atoms with Crippen molar-refractivity contribution in [3.63, 3.8) is 0 Å². The van der Waals surface area contributed by atoms with Crippen LogP contribution in [-0.2, 0) is 4.79 Å². The quantitative estimate of drug-likeness (QED) is 0.882. The summed E-state index contributed by atoms with van der Waals surface area (Å²) in [5.74, 6) is -0.710. The fraction of sp³-hybridized carbons (Fsp3) is 0.222. The van der Waals surface area contributed by atoms with E-state index in [-0.39, 0.29) is 5.56 Å². The molecule has 2 aromatic carbocycles. The topological polar surface area (TPSA) is 72.8 Å². The molecule has 1 aliphatic heterocycles. The van der Waals surface area contributed by atoms with Gasteiger partial charge in [-0.2, -0.15) is 0 Å². The fourth-order valence-corrected chi connectivity index (χ4v) is 2.82. The molecule has 0 amide bonds. The zero-order valence-electron chi connectivity index (χ0n) is 12.8. The first-order valence-corrected chi connectivity index (χ1v) is 7.16. The van der Waals surface area contributed by atoms with Crippen molar-refractivity contribution in [2.75, 3.05) is 7.11 Å². The van der Waals surface area contributed by atoms with Crippen LogP contribution in [0.15, 0.2) is 48.5 Å². The first kappa shape index (κ1) is 15.1. The van der Waals surface area contributed by atoms with Crippen LogP contribution in [0.5, 0.6) is 11.5 Å². The number of para-hydroxylation sites is 1. The highest BCUT2D eigenvalue weighted by molar-refractivity contribution is 6.14. The summed E-state index contributed by atoms with van der Waals surface area (Å²) in [5.41, 5.74) is -0.839. The number of ether oxygens (including phenoxy) is 2. The van der Waals surface area contributed by atoms with Gasteiger partial charge in [-0.05, 0) is 36.8 Å². The highest BCUT2D eigenvalue weighted by atomic mass is 16.5. The number of carboxylic acid groups (broad SMARTS) is 1. The molecule has 2 aromatic rings. The summed E-state index contributed by atoms with van der Waals surface area (Å²) in [4.78, 5) is 24.7. The SMILES string of the molecule is COc1cccc(C2Oc3ccccc3C(=O)C2(C)C(=O)O)c1.